The van der Waals surface area contributed by atoms with Crippen LogP contribution in [-0.2, 0) is 9.59 Å². The first kappa shape index (κ1) is 14.1. The Hall–Kier alpha value is -0.463. The van der Waals surface area contributed by atoms with E-state index in [-0.39, 0.29) is 31.7 Å². The molecule has 0 fully saturated rings. The van der Waals surface area contributed by atoms with Crippen molar-refractivity contribution in [2.24, 2.45) is 0 Å². The standard InChI is InChI=1S/C7H12O4.Li.H/c8-6(9)4-2-1-3-5-7(10)11;;/h1-5H2,(H,8,9)(H,10,11);;. The Morgan fingerprint density at radius 3 is 1.42 bits per heavy atom. The van der Waals surface area contributed by atoms with Gasteiger partial charge in [-0.25, -0.2) is 0 Å². The molecule has 0 radical (unpaired) electrons. The Balaban J connectivity index is 0. The fourth-order valence-corrected chi connectivity index (χ4v) is 0.729. The summed E-state index contributed by atoms with van der Waals surface area (Å²) in [5, 5.41) is 16.4. The first-order valence-electron chi connectivity index (χ1n) is 3.56. The fraction of sp³-hybridized carbons (Fsp3) is 0.714. The first-order valence-corrected chi connectivity index (χ1v) is 3.56. The molecule has 0 bridgehead atoms. The molecule has 12 heavy (non-hydrogen) atoms. The minimum absolute atomic E-state index is 0. The van der Waals surface area contributed by atoms with Crippen LogP contribution < -0.4 is 0 Å². The fourth-order valence-electron chi connectivity index (χ4n) is 0.729. The number of rotatable bonds is 6. The van der Waals surface area contributed by atoms with Gasteiger partial charge < -0.3 is 10.2 Å². The van der Waals surface area contributed by atoms with Gasteiger partial charge in [0.05, 0.1) is 0 Å². The third-order valence-electron chi connectivity index (χ3n) is 1.28. The van der Waals surface area contributed by atoms with Crippen molar-refractivity contribution in [3.05, 3.63) is 0 Å². The van der Waals surface area contributed by atoms with E-state index in [1.54, 1.807) is 0 Å². The van der Waals surface area contributed by atoms with Crippen molar-refractivity contribution in [2.75, 3.05) is 0 Å². The van der Waals surface area contributed by atoms with Crippen molar-refractivity contribution < 1.29 is 19.8 Å². The third kappa shape index (κ3) is 12.2. The maximum absolute atomic E-state index is 9.98. The van der Waals surface area contributed by atoms with E-state index in [9.17, 15) is 9.59 Å². The molecule has 0 saturated heterocycles. The van der Waals surface area contributed by atoms with Gasteiger partial charge in [-0.15, -0.1) is 0 Å². The van der Waals surface area contributed by atoms with Crippen molar-refractivity contribution >= 4 is 30.8 Å². The second-order valence-electron chi connectivity index (χ2n) is 2.35. The summed E-state index contributed by atoms with van der Waals surface area (Å²) in [6.45, 7) is 0. The molecule has 2 N–H and O–H groups in total. The summed E-state index contributed by atoms with van der Waals surface area (Å²) in [5.41, 5.74) is 0. The van der Waals surface area contributed by atoms with Gasteiger partial charge in [-0.3, -0.25) is 9.59 Å². The second-order valence-corrected chi connectivity index (χ2v) is 2.35. The molecule has 0 spiro atoms. The molecule has 66 valence electrons. The molecule has 0 aromatic rings. The Kier molecular flexibility index (Phi) is 10.1. The van der Waals surface area contributed by atoms with Gasteiger partial charge in [-0.05, 0) is 12.8 Å². The van der Waals surface area contributed by atoms with Gasteiger partial charge in [0.2, 0.25) is 0 Å². The number of hydrogen-bond acceptors (Lipinski definition) is 2. The zero-order valence-electron chi connectivity index (χ0n) is 6.25. The maximum atomic E-state index is 9.98. The van der Waals surface area contributed by atoms with Gasteiger partial charge in [0, 0.05) is 12.8 Å². The molecule has 0 aliphatic carbocycles. The Morgan fingerprint density at radius 1 is 0.833 bits per heavy atom. The van der Waals surface area contributed by atoms with Crippen LogP contribution in [0.15, 0.2) is 0 Å². The predicted molar refractivity (Wildman–Crippen MR) is 45.5 cm³/mol. The van der Waals surface area contributed by atoms with Gasteiger partial charge in [0.1, 0.15) is 0 Å². The van der Waals surface area contributed by atoms with Crippen LogP contribution in [0.2, 0.25) is 0 Å². The molecule has 0 unspecified atom stereocenters. The zero-order chi connectivity index (χ0) is 8.69. The Labute approximate surface area is 83.1 Å². The molecule has 0 atom stereocenters. The van der Waals surface area contributed by atoms with Crippen LogP contribution in [0.25, 0.3) is 0 Å². The summed E-state index contributed by atoms with van der Waals surface area (Å²) >= 11 is 0. The van der Waals surface area contributed by atoms with Crippen LogP contribution >= 0.6 is 0 Å². The summed E-state index contributed by atoms with van der Waals surface area (Å²) in [5.74, 6) is -1.64. The molecule has 0 aromatic heterocycles. The quantitative estimate of drug-likeness (QED) is 0.446. The molecule has 5 heteroatoms. The van der Waals surface area contributed by atoms with E-state index in [1.807, 2.05) is 0 Å². The van der Waals surface area contributed by atoms with E-state index < -0.39 is 11.9 Å². The van der Waals surface area contributed by atoms with E-state index in [0.29, 0.717) is 19.3 Å². The van der Waals surface area contributed by atoms with Crippen LogP contribution in [-0.4, -0.2) is 41.0 Å². The number of carboxylic acids is 2. The third-order valence-corrected chi connectivity index (χ3v) is 1.28. The molecular weight excluding hydrogens is 155 g/mol. The van der Waals surface area contributed by atoms with E-state index in [4.69, 9.17) is 10.2 Å². The normalized spacial score (nSPS) is 8.67. The second kappa shape index (κ2) is 8.63. The number of hydrogen-bond donors (Lipinski definition) is 2. The number of carboxylic acid groups (broad SMARTS) is 2. The van der Waals surface area contributed by atoms with Gasteiger partial charge >= 0.3 is 30.8 Å². The molecule has 0 aromatic carbocycles. The molecule has 0 rings (SSSR count). The summed E-state index contributed by atoms with van der Waals surface area (Å²) in [6.07, 6.45) is 2.10. The first-order chi connectivity index (χ1) is 5.13. The average Bonchev–Trinajstić information content (AvgIpc) is 1.85. The summed E-state index contributed by atoms with van der Waals surface area (Å²) in [6, 6.07) is 0. The van der Waals surface area contributed by atoms with Crippen LogP contribution in [0, 0.1) is 0 Å². The van der Waals surface area contributed by atoms with E-state index in [0.717, 1.165) is 0 Å². The number of aliphatic carboxylic acids is 2. The van der Waals surface area contributed by atoms with Crippen molar-refractivity contribution in [2.45, 2.75) is 32.1 Å². The van der Waals surface area contributed by atoms with Gasteiger partial charge in [0.25, 0.3) is 0 Å². The van der Waals surface area contributed by atoms with Crippen LogP contribution in [0.5, 0.6) is 0 Å². The topological polar surface area (TPSA) is 74.6 Å². The minimum atomic E-state index is -0.819. The van der Waals surface area contributed by atoms with Crippen molar-refractivity contribution in [1.29, 1.82) is 0 Å². The molecule has 0 saturated carbocycles. The Morgan fingerprint density at radius 2 is 1.17 bits per heavy atom. The van der Waals surface area contributed by atoms with Gasteiger partial charge in [-0.2, -0.15) is 0 Å². The van der Waals surface area contributed by atoms with E-state index in [2.05, 4.69) is 0 Å². The van der Waals surface area contributed by atoms with E-state index in [1.165, 1.54) is 0 Å². The van der Waals surface area contributed by atoms with Crippen LogP contribution in [0.3, 0.4) is 0 Å². The molecule has 4 nitrogen and oxygen atoms in total. The zero-order valence-corrected chi connectivity index (χ0v) is 6.25. The molecule has 0 heterocycles. The SMILES string of the molecule is O=C(O)CCCCCC(=O)O.[LiH]. The van der Waals surface area contributed by atoms with Gasteiger partial charge in [0.15, 0.2) is 0 Å². The van der Waals surface area contributed by atoms with Crippen molar-refractivity contribution in [3.63, 3.8) is 0 Å². The van der Waals surface area contributed by atoms with E-state index >= 15 is 0 Å². The molecule has 0 amide bonds. The summed E-state index contributed by atoms with van der Waals surface area (Å²) in [7, 11) is 0. The monoisotopic (exact) mass is 168 g/mol. The van der Waals surface area contributed by atoms with Crippen molar-refractivity contribution in [1.82, 2.24) is 0 Å². The number of unbranched alkanes of at least 4 members (excludes halogenated alkanes) is 2. The van der Waals surface area contributed by atoms with Crippen LogP contribution in [0.1, 0.15) is 32.1 Å². The molecule has 0 aliphatic rings. The summed E-state index contributed by atoms with van der Waals surface area (Å²) < 4.78 is 0. The summed E-state index contributed by atoms with van der Waals surface area (Å²) in [4.78, 5) is 20.0. The Bertz CT molecular complexity index is 130. The van der Waals surface area contributed by atoms with Crippen molar-refractivity contribution in [3.8, 4) is 0 Å². The number of carbonyl (C=O) groups is 2. The predicted octanol–water partition coefficient (Wildman–Crippen LogP) is 0.458. The average molecular weight is 168 g/mol. The van der Waals surface area contributed by atoms with Crippen LogP contribution in [0.4, 0.5) is 0 Å². The molecule has 0 aliphatic heterocycles. The molecular formula is C7H13LiO4. The van der Waals surface area contributed by atoms with Gasteiger partial charge in [-0.1, -0.05) is 6.42 Å².